The number of nitriles is 1. The van der Waals surface area contributed by atoms with Gasteiger partial charge in [0.2, 0.25) is 0 Å². The highest BCUT2D eigenvalue weighted by atomic mass is 79.9. The van der Waals surface area contributed by atoms with Gasteiger partial charge in [-0.1, -0.05) is 6.08 Å². The molecule has 3 nitrogen and oxygen atoms in total. The molecule has 0 aliphatic heterocycles. The Morgan fingerprint density at radius 2 is 2.45 bits per heavy atom. The van der Waals surface area contributed by atoms with E-state index in [-0.39, 0.29) is 17.0 Å². The quantitative estimate of drug-likeness (QED) is 0.753. The normalized spacial score (nSPS) is 9.00. The summed E-state index contributed by atoms with van der Waals surface area (Å²) in [5.41, 5.74) is 0. The zero-order valence-electron chi connectivity index (χ0n) is 5.84. The van der Waals surface area contributed by atoms with Crippen LogP contribution in [0.2, 0.25) is 0 Å². The van der Waals surface area contributed by atoms with Gasteiger partial charge >= 0.3 is 0 Å². The summed E-state index contributed by atoms with van der Waals surface area (Å²) >= 11 is 0. The molecule has 0 aliphatic carbocycles. The minimum Gasteiger partial charge on any atom is -0.313 e. The maximum Gasteiger partial charge on any atom is 0.0986 e. The molecule has 11 heavy (non-hydrogen) atoms. The van der Waals surface area contributed by atoms with Gasteiger partial charge in [-0.15, -0.1) is 17.0 Å². The second kappa shape index (κ2) is 5.69. The Labute approximate surface area is 75.7 Å². The van der Waals surface area contributed by atoms with E-state index in [1.54, 1.807) is 29.4 Å². The van der Waals surface area contributed by atoms with E-state index in [4.69, 9.17) is 5.26 Å². The minimum atomic E-state index is 0. The number of hydrogen-bond acceptors (Lipinski definition) is 2. The Bertz CT molecular complexity index is 245. The molecule has 0 saturated carbocycles. The first-order valence-corrected chi connectivity index (χ1v) is 2.94. The molecule has 1 aromatic rings. The second-order valence-corrected chi connectivity index (χ2v) is 1.76. The number of nitrogens with zero attached hydrogens (tertiary/aromatic N) is 3. The van der Waals surface area contributed by atoms with Gasteiger partial charge < -0.3 is 4.57 Å². The molecule has 0 spiro atoms. The van der Waals surface area contributed by atoms with Crippen LogP contribution in [-0.4, -0.2) is 9.55 Å². The van der Waals surface area contributed by atoms with Crippen molar-refractivity contribution < 1.29 is 0 Å². The molecule has 0 aliphatic rings. The number of imidazole rings is 1. The lowest BCUT2D eigenvalue weighted by Gasteiger charge is -1.85. The molecule has 0 aromatic carbocycles. The highest BCUT2D eigenvalue weighted by Gasteiger charge is 1.78. The molecule has 0 fully saturated rings. The van der Waals surface area contributed by atoms with Gasteiger partial charge in [-0.2, -0.15) is 5.26 Å². The van der Waals surface area contributed by atoms with Gasteiger partial charge in [0.25, 0.3) is 0 Å². The third-order valence-electron chi connectivity index (χ3n) is 1.01. The molecule has 0 saturated heterocycles. The van der Waals surface area contributed by atoms with Crippen LogP contribution in [0.5, 0.6) is 0 Å². The Kier molecular flexibility index (Phi) is 5.13. The third-order valence-corrected chi connectivity index (χ3v) is 1.01. The fourth-order valence-corrected chi connectivity index (χ4v) is 0.585. The molecule has 1 heterocycles. The van der Waals surface area contributed by atoms with Gasteiger partial charge in [-0.25, -0.2) is 4.98 Å². The van der Waals surface area contributed by atoms with E-state index in [0.29, 0.717) is 6.42 Å². The summed E-state index contributed by atoms with van der Waals surface area (Å²) in [6.07, 6.45) is 9.20. The molecule has 1 aromatic heterocycles. The van der Waals surface area contributed by atoms with Crippen LogP contribution in [-0.2, 0) is 0 Å². The van der Waals surface area contributed by atoms with Gasteiger partial charge in [0.1, 0.15) is 0 Å². The van der Waals surface area contributed by atoms with Crippen molar-refractivity contribution in [1.29, 1.82) is 5.26 Å². The molecule has 0 N–H and O–H groups in total. The van der Waals surface area contributed by atoms with Crippen molar-refractivity contribution in [2.24, 2.45) is 0 Å². The molecule has 0 atom stereocenters. The third kappa shape index (κ3) is 3.58. The van der Waals surface area contributed by atoms with Crippen molar-refractivity contribution in [3.8, 4) is 6.07 Å². The first-order valence-electron chi connectivity index (χ1n) is 2.94. The van der Waals surface area contributed by atoms with Crippen LogP contribution in [0.3, 0.4) is 0 Å². The summed E-state index contributed by atoms with van der Waals surface area (Å²) in [5, 5.41) is 8.17. The predicted molar refractivity (Wildman–Crippen MR) is 48.1 cm³/mol. The Morgan fingerprint density at radius 3 is 3.00 bits per heavy atom. The zero-order chi connectivity index (χ0) is 7.23. The lowest BCUT2D eigenvalue weighted by molar-refractivity contribution is 1.13. The van der Waals surface area contributed by atoms with Crippen LogP contribution in [0.15, 0.2) is 24.8 Å². The van der Waals surface area contributed by atoms with Gasteiger partial charge in [0.05, 0.1) is 18.8 Å². The topological polar surface area (TPSA) is 41.6 Å². The van der Waals surface area contributed by atoms with E-state index in [9.17, 15) is 0 Å². The maximum absolute atomic E-state index is 8.17. The average Bonchev–Trinajstić information content (AvgIpc) is 2.41. The lowest BCUT2D eigenvalue weighted by Crippen LogP contribution is -1.76. The summed E-state index contributed by atoms with van der Waals surface area (Å²) in [4.78, 5) is 3.83. The van der Waals surface area contributed by atoms with Crippen molar-refractivity contribution in [2.75, 3.05) is 0 Å². The van der Waals surface area contributed by atoms with E-state index in [1.807, 2.05) is 12.3 Å². The monoisotopic (exact) mass is 213 g/mol. The fourth-order valence-electron chi connectivity index (χ4n) is 0.585. The molecular weight excluding hydrogens is 206 g/mol. The van der Waals surface area contributed by atoms with Gasteiger partial charge in [-0.3, -0.25) is 0 Å². The fraction of sp³-hybridized carbons (Fsp3) is 0.143. The van der Waals surface area contributed by atoms with Crippen LogP contribution < -0.4 is 0 Å². The van der Waals surface area contributed by atoms with Crippen LogP contribution in [0, 0.1) is 11.3 Å². The highest BCUT2D eigenvalue weighted by Crippen LogP contribution is 1.88. The van der Waals surface area contributed by atoms with E-state index in [2.05, 4.69) is 4.98 Å². The van der Waals surface area contributed by atoms with Crippen LogP contribution in [0.1, 0.15) is 6.42 Å². The van der Waals surface area contributed by atoms with Crippen molar-refractivity contribution >= 4 is 23.2 Å². The minimum absolute atomic E-state index is 0. The van der Waals surface area contributed by atoms with E-state index >= 15 is 0 Å². The summed E-state index contributed by atoms with van der Waals surface area (Å²) in [7, 11) is 0. The van der Waals surface area contributed by atoms with E-state index in [0.717, 1.165) is 0 Å². The molecule has 58 valence electrons. The summed E-state index contributed by atoms with van der Waals surface area (Å²) < 4.78 is 1.79. The Morgan fingerprint density at radius 1 is 1.64 bits per heavy atom. The highest BCUT2D eigenvalue weighted by molar-refractivity contribution is 8.93. The number of aromatic nitrogens is 2. The zero-order valence-corrected chi connectivity index (χ0v) is 7.56. The summed E-state index contributed by atoms with van der Waals surface area (Å²) in [5.74, 6) is 0. The van der Waals surface area contributed by atoms with Crippen LogP contribution >= 0.6 is 17.0 Å². The smallest absolute Gasteiger partial charge is 0.0986 e. The van der Waals surface area contributed by atoms with Crippen molar-refractivity contribution in [2.45, 2.75) is 6.42 Å². The van der Waals surface area contributed by atoms with Crippen molar-refractivity contribution in [1.82, 2.24) is 9.55 Å². The molecule has 0 bridgehead atoms. The Hall–Kier alpha value is -1.08. The van der Waals surface area contributed by atoms with Crippen LogP contribution in [0.25, 0.3) is 6.20 Å². The van der Waals surface area contributed by atoms with Crippen molar-refractivity contribution in [3.05, 3.63) is 24.8 Å². The first-order chi connectivity index (χ1) is 4.93. The first kappa shape index (κ1) is 9.92. The summed E-state index contributed by atoms with van der Waals surface area (Å²) in [6, 6.07) is 2.01. The number of hydrogen-bond donors (Lipinski definition) is 0. The van der Waals surface area contributed by atoms with Crippen molar-refractivity contribution in [3.63, 3.8) is 0 Å². The van der Waals surface area contributed by atoms with E-state index < -0.39 is 0 Å². The molecule has 0 unspecified atom stereocenters. The molecule has 0 radical (unpaired) electrons. The molecule has 0 amide bonds. The number of allylic oxidation sites excluding steroid dienone is 1. The largest absolute Gasteiger partial charge is 0.313 e. The predicted octanol–water partition coefficient (Wildman–Crippen LogP) is 1.85. The standard InChI is InChI=1S/C7H7N3.BrH/c8-3-1-2-5-10-6-4-9-7-10;/h2,4-7H,1H2;1H. The van der Waals surface area contributed by atoms with Gasteiger partial charge in [0.15, 0.2) is 0 Å². The maximum atomic E-state index is 8.17. The molecular formula is C7H8BrN3. The van der Waals surface area contributed by atoms with Gasteiger partial charge in [0, 0.05) is 18.6 Å². The lowest BCUT2D eigenvalue weighted by atomic mass is 10.4. The van der Waals surface area contributed by atoms with E-state index in [1.165, 1.54) is 0 Å². The number of rotatable bonds is 2. The van der Waals surface area contributed by atoms with Gasteiger partial charge in [-0.05, 0) is 0 Å². The Balaban J connectivity index is 0.000001000. The molecule has 4 heteroatoms. The number of halogens is 1. The summed E-state index contributed by atoms with van der Waals surface area (Å²) in [6.45, 7) is 0. The SMILES string of the molecule is Br.N#CCC=Cn1ccnc1. The average molecular weight is 214 g/mol. The second-order valence-electron chi connectivity index (χ2n) is 1.76. The van der Waals surface area contributed by atoms with Crippen LogP contribution in [0.4, 0.5) is 0 Å². The molecule has 1 rings (SSSR count).